The third-order valence-electron chi connectivity index (χ3n) is 6.08. The molecule has 4 rings (SSSR count). The first-order chi connectivity index (χ1) is 13.2. The Balaban J connectivity index is 1.74. The number of carbonyl (C=O) groups excluding carboxylic acids is 1. The van der Waals surface area contributed by atoms with E-state index in [0.717, 1.165) is 25.9 Å². The van der Waals surface area contributed by atoms with Crippen molar-refractivity contribution < 1.29 is 14.3 Å². The average molecular weight is 366 g/mol. The third kappa shape index (κ3) is 2.96. The summed E-state index contributed by atoms with van der Waals surface area (Å²) in [6.45, 7) is 5.93. The first-order valence-electron chi connectivity index (χ1n) is 9.45. The Labute approximate surface area is 159 Å². The molecular formula is C22H26N2O3. The Morgan fingerprint density at radius 2 is 2.15 bits per heavy atom. The van der Waals surface area contributed by atoms with Crippen LogP contribution in [0.4, 0.5) is 0 Å². The summed E-state index contributed by atoms with van der Waals surface area (Å²) in [6.07, 6.45) is 5.38. The number of fused-ring (bicyclic) bond motifs is 5. The van der Waals surface area contributed by atoms with Crippen LogP contribution in [0.3, 0.4) is 0 Å². The van der Waals surface area contributed by atoms with Crippen LogP contribution in [0, 0.1) is 11.8 Å². The largest absolute Gasteiger partial charge is 0.504 e. The minimum atomic E-state index is -0.324. The summed E-state index contributed by atoms with van der Waals surface area (Å²) in [5, 5.41) is 1.31. The zero-order chi connectivity index (χ0) is 19.0. The number of para-hydroxylation sites is 1. The number of esters is 1. The Kier molecular flexibility index (Phi) is 4.79. The molecule has 1 fully saturated rings. The Morgan fingerprint density at radius 3 is 2.89 bits per heavy atom. The molecule has 0 spiro atoms. The lowest BCUT2D eigenvalue weighted by Gasteiger charge is -2.45. The Hall–Kier alpha value is -2.53. The summed E-state index contributed by atoms with van der Waals surface area (Å²) < 4.78 is 10.2. The van der Waals surface area contributed by atoms with Crippen molar-refractivity contribution in [2.75, 3.05) is 27.3 Å². The molecule has 142 valence electrons. The van der Waals surface area contributed by atoms with Crippen molar-refractivity contribution >= 4 is 16.9 Å². The molecule has 27 heavy (non-hydrogen) atoms. The average Bonchev–Trinajstić information content (AvgIpc) is 3.09. The molecule has 5 heteroatoms. The smallest absolute Gasteiger partial charge is 0.337 e. The van der Waals surface area contributed by atoms with Crippen molar-refractivity contribution in [3.63, 3.8) is 0 Å². The van der Waals surface area contributed by atoms with Gasteiger partial charge in [0.05, 0.1) is 32.1 Å². The van der Waals surface area contributed by atoms with Crippen molar-refractivity contribution in [2.45, 2.75) is 18.9 Å². The molecule has 1 N–H and O–H groups in total. The topological polar surface area (TPSA) is 54.6 Å². The fraction of sp³-hybridized carbons (Fsp3) is 0.409. The van der Waals surface area contributed by atoms with E-state index in [4.69, 9.17) is 9.47 Å². The molecule has 0 aliphatic carbocycles. The molecule has 5 nitrogen and oxygen atoms in total. The summed E-state index contributed by atoms with van der Waals surface area (Å²) in [4.78, 5) is 18.5. The zero-order valence-corrected chi connectivity index (χ0v) is 15.9. The van der Waals surface area contributed by atoms with Gasteiger partial charge in [0.15, 0.2) is 0 Å². The van der Waals surface area contributed by atoms with E-state index in [1.54, 1.807) is 7.11 Å². The minimum Gasteiger partial charge on any atom is -0.504 e. The third-order valence-corrected chi connectivity index (χ3v) is 6.08. The van der Waals surface area contributed by atoms with Crippen molar-refractivity contribution in [1.82, 2.24) is 9.88 Å². The molecule has 1 aromatic heterocycles. The van der Waals surface area contributed by atoms with Gasteiger partial charge in [-0.25, -0.2) is 4.79 Å². The number of nitrogens with zero attached hydrogens (tertiary/aromatic N) is 1. The minimum absolute atomic E-state index is 0.0218. The van der Waals surface area contributed by atoms with Gasteiger partial charge in [0.2, 0.25) is 0 Å². The fourth-order valence-electron chi connectivity index (χ4n) is 4.80. The van der Waals surface area contributed by atoms with Crippen LogP contribution in [0.25, 0.3) is 10.9 Å². The number of H-pyrrole nitrogens is 1. The van der Waals surface area contributed by atoms with Crippen LogP contribution >= 0.6 is 0 Å². The van der Waals surface area contributed by atoms with E-state index in [-0.39, 0.29) is 23.8 Å². The predicted molar refractivity (Wildman–Crippen MR) is 105 cm³/mol. The van der Waals surface area contributed by atoms with Crippen LogP contribution in [0.2, 0.25) is 0 Å². The number of piperidine rings is 1. The van der Waals surface area contributed by atoms with E-state index >= 15 is 0 Å². The van der Waals surface area contributed by atoms with E-state index in [9.17, 15) is 4.79 Å². The van der Waals surface area contributed by atoms with E-state index in [0.29, 0.717) is 5.57 Å². The molecule has 0 saturated carbocycles. The quantitative estimate of drug-likeness (QED) is 0.389. The second kappa shape index (κ2) is 7.24. The second-order valence-electron chi connectivity index (χ2n) is 7.37. The summed E-state index contributed by atoms with van der Waals surface area (Å²) in [6, 6.07) is 8.74. The highest BCUT2D eigenvalue weighted by atomic mass is 16.5. The summed E-state index contributed by atoms with van der Waals surface area (Å²) in [5.74, 6) is -0.115. The Morgan fingerprint density at radius 1 is 1.33 bits per heavy atom. The number of methoxy groups -OCH3 is 2. The molecule has 2 aliphatic rings. The van der Waals surface area contributed by atoms with Crippen molar-refractivity contribution in [3.8, 4) is 0 Å². The highest BCUT2D eigenvalue weighted by Crippen LogP contribution is 2.45. The molecule has 2 aromatic rings. The van der Waals surface area contributed by atoms with E-state index in [1.807, 2.05) is 6.08 Å². The number of hydrogen-bond acceptors (Lipinski definition) is 4. The van der Waals surface area contributed by atoms with Crippen LogP contribution in [-0.4, -0.2) is 43.2 Å². The van der Waals surface area contributed by atoms with Gasteiger partial charge in [-0.1, -0.05) is 24.3 Å². The number of carbonyl (C=O) groups is 1. The predicted octanol–water partition coefficient (Wildman–Crippen LogP) is 3.59. The SMILES string of the molecule is C=C[C@H]1CN2CCc3c([nH]c4ccccc34)[C@@H]2C[C@H]1C(=COC)C(=O)OC. The van der Waals surface area contributed by atoms with Crippen LogP contribution in [0.5, 0.6) is 0 Å². The van der Waals surface area contributed by atoms with Crippen molar-refractivity contribution in [3.05, 3.63) is 60.0 Å². The van der Waals surface area contributed by atoms with Gasteiger partial charge < -0.3 is 14.5 Å². The summed E-state index contributed by atoms with van der Waals surface area (Å²) >= 11 is 0. The van der Waals surface area contributed by atoms with Gasteiger partial charge >= 0.3 is 5.97 Å². The first kappa shape index (κ1) is 17.9. The molecule has 0 unspecified atom stereocenters. The van der Waals surface area contributed by atoms with Gasteiger partial charge in [-0.05, 0) is 30.4 Å². The number of hydrogen-bond donors (Lipinski definition) is 1. The molecular weight excluding hydrogens is 340 g/mol. The highest BCUT2D eigenvalue weighted by Gasteiger charge is 2.42. The highest BCUT2D eigenvalue weighted by molar-refractivity contribution is 5.89. The number of nitrogens with one attached hydrogen (secondary N) is 1. The number of aromatic amines is 1. The normalized spacial score (nSPS) is 25.6. The zero-order valence-electron chi connectivity index (χ0n) is 15.9. The van der Waals surface area contributed by atoms with Gasteiger partial charge in [0.25, 0.3) is 0 Å². The van der Waals surface area contributed by atoms with Crippen LogP contribution < -0.4 is 0 Å². The number of ether oxygens (including phenoxy) is 2. The molecule has 2 aliphatic heterocycles. The van der Waals surface area contributed by atoms with Crippen LogP contribution in [0.15, 0.2) is 48.8 Å². The van der Waals surface area contributed by atoms with Crippen molar-refractivity contribution in [1.29, 1.82) is 0 Å². The van der Waals surface area contributed by atoms with Crippen LogP contribution in [-0.2, 0) is 20.7 Å². The van der Waals surface area contributed by atoms with Gasteiger partial charge in [0.1, 0.15) is 0 Å². The molecule has 3 atom stereocenters. The molecule has 1 saturated heterocycles. The lowest BCUT2D eigenvalue weighted by atomic mass is 9.75. The monoisotopic (exact) mass is 366 g/mol. The van der Waals surface area contributed by atoms with Gasteiger partial charge in [-0.15, -0.1) is 6.58 Å². The summed E-state index contributed by atoms with van der Waals surface area (Å²) in [7, 11) is 2.98. The maximum absolute atomic E-state index is 12.4. The van der Waals surface area contributed by atoms with E-state index in [1.165, 1.54) is 35.5 Å². The maximum atomic E-state index is 12.4. The molecule has 0 bridgehead atoms. The van der Waals surface area contributed by atoms with Gasteiger partial charge in [-0.3, -0.25) is 4.90 Å². The molecule has 1 aromatic carbocycles. The second-order valence-corrected chi connectivity index (χ2v) is 7.37. The van der Waals surface area contributed by atoms with Gasteiger partial charge in [-0.2, -0.15) is 0 Å². The van der Waals surface area contributed by atoms with Crippen molar-refractivity contribution in [2.24, 2.45) is 11.8 Å². The standard InChI is InChI=1S/C22H26N2O3/c1-4-14-12-24-10-9-16-15-7-5-6-8-19(15)23-21(16)20(24)11-17(14)18(13-26-2)22(25)27-3/h4-8,13-14,17,20,23H,1,9-12H2,2-3H3/t14-,17+,20-/m0/s1. The van der Waals surface area contributed by atoms with E-state index in [2.05, 4.69) is 40.7 Å². The number of benzene rings is 1. The first-order valence-corrected chi connectivity index (χ1v) is 9.45. The lowest BCUT2D eigenvalue weighted by molar-refractivity contribution is -0.137. The molecule has 3 heterocycles. The Bertz CT molecular complexity index is 898. The summed E-state index contributed by atoms with van der Waals surface area (Å²) in [5.41, 5.74) is 4.48. The number of rotatable bonds is 4. The van der Waals surface area contributed by atoms with Crippen LogP contribution in [0.1, 0.15) is 23.7 Å². The molecule has 0 amide bonds. The molecule has 0 radical (unpaired) electrons. The maximum Gasteiger partial charge on any atom is 0.337 e. The number of aromatic nitrogens is 1. The van der Waals surface area contributed by atoms with E-state index < -0.39 is 0 Å². The fourth-order valence-corrected chi connectivity index (χ4v) is 4.80. The van der Waals surface area contributed by atoms with Gasteiger partial charge in [0, 0.05) is 35.6 Å². The lowest BCUT2D eigenvalue weighted by Crippen LogP contribution is -2.46.